The van der Waals surface area contributed by atoms with Crippen molar-refractivity contribution in [2.75, 3.05) is 13.1 Å². The third-order valence-electron chi connectivity index (χ3n) is 5.28. The first-order valence-corrected chi connectivity index (χ1v) is 7.71. The number of aromatic amines is 1. The number of hydrogen-bond acceptors (Lipinski definition) is 2. The molecule has 0 radical (unpaired) electrons. The van der Waals surface area contributed by atoms with E-state index in [0.717, 1.165) is 19.5 Å². The largest absolute Gasteiger partial charge is 0.338 e. The highest BCUT2D eigenvalue weighted by Gasteiger charge is 2.59. The van der Waals surface area contributed by atoms with E-state index in [0.29, 0.717) is 28.2 Å². The lowest BCUT2D eigenvalue weighted by atomic mass is 10.0. The molecular weight excluding hydrogens is 281 g/mol. The van der Waals surface area contributed by atoms with Gasteiger partial charge in [0.2, 0.25) is 0 Å². The van der Waals surface area contributed by atoms with Gasteiger partial charge in [-0.2, -0.15) is 5.10 Å². The lowest BCUT2D eigenvalue weighted by molar-refractivity contribution is 0.0765. The molecule has 2 heterocycles. The second-order valence-corrected chi connectivity index (χ2v) is 6.47. The minimum Gasteiger partial charge on any atom is -0.338 e. The maximum Gasteiger partial charge on any atom is 0.257 e. The van der Waals surface area contributed by atoms with Crippen molar-refractivity contribution in [1.82, 2.24) is 15.1 Å². The molecule has 0 spiro atoms. The third-order valence-corrected chi connectivity index (χ3v) is 5.28. The van der Waals surface area contributed by atoms with E-state index in [-0.39, 0.29) is 11.7 Å². The van der Waals surface area contributed by atoms with Gasteiger partial charge in [0.1, 0.15) is 5.82 Å². The molecule has 1 aromatic heterocycles. The molecular formula is C17H18FN3O. The molecule has 1 saturated heterocycles. The molecule has 4 rings (SSSR count). The second-order valence-electron chi connectivity index (χ2n) is 6.47. The molecule has 1 N–H and O–H groups in total. The molecule has 1 saturated carbocycles. The average Bonchev–Trinajstić information content (AvgIpc) is 2.92. The fourth-order valence-electron chi connectivity index (χ4n) is 3.78. The van der Waals surface area contributed by atoms with E-state index in [1.165, 1.54) is 18.6 Å². The highest BCUT2D eigenvalue weighted by Crippen LogP contribution is 2.60. The number of piperidine rings is 1. The molecule has 1 aromatic carbocycles. The summed E-state index contributed by atoms with van der Waals surface area (Å²) in [5, 5.41) is 6.83. The molecule has 2 fully saturated rings. The van der Waals surface area contributed by atoms with Crippen molar-refractivity contribution in [3.8, 4) is 11.3 Å². The number of carbonyl (C=O) groups is 1. The van der Waals surface area contributed by atoms with Crippen LogP contribution in [0.1, 0.15) is 30.1 Å². The van der Waals surface area contributed by atoms with Crippen LogP contribution in [0.4, 0.5) is 4.39 Å². The zero-order valence-electron chi connectivity index (χ0n) is 12.5. The first kappa shape index (κ1) is 13.5. The van der Waals surface area contributed by atoms with Crippen LogP contribution >= 0.6 is 0 Å². The van der Waals surface area contributed by atoms with Crippen molar-refractivity contribution in [2.45, 2.75) is 19.8 Å². The lowest BCUT2D eigenvalue weighted by Gasteiger charge is -2.20. The smallest absolute Gasteiger partial charge is 0.257 e. The van der Waals surface area contributed by atoms with Crippen molar-refractivity contribution >= 4 is 5.91 Å². The van der Waals surface area contributed by atoms with E-state index in [9.17, 15) is 9.18 Å². The van der Waals surface area contributed by atoms with Crippen LogP contribution in [0.15, 0.2) is 30.5 Å². The van der Waals surface area contributed by atoms with Gasteiger partial charge < -0.3 is 4.90 Å². The predicted octanol–water partition coefficient (Wildman–Crippen LogP) is 3.09. The van der Waals surface area contributed by atoms with Gasteiger partial charge in [-0.15, -0.1) is 0 Å². The van der Waals surface area contributed by atoms with Gasteiger partial charge in [-0.05, 0) is 36.3 Å². The van der Waals surface area contributed by atoms with E-state index in [2.05, 4.69) is 17.1 Å². The Morgan fingerprint density at radius 2 is 2.41 bits per heavy atom. The van der Waals surface area contributed by atoms with Crippen LogP contribution in [0.3, 0.4) is 0 Å². The molecule has 2 atom stereocenters. The summed E-state index contributed by atoms with van der Waals surface area (Å²) in [6.07, 6.45) is 3.92. The topological polar surface area (TPSA) is 49.0 Å². The Bertz CT molecular complexity index is 737. The van der Waals surface area contributed by atoms with Crippen LogP contribution in [0.2, 0.25) is 0 Å². The number of fused-ring (bicyclic) bond motifs is 1. The Labute approximate surface area is 128 Å². The average molecular weight is 299 g/mol. The number of amides is 1. The Balaban J connectivity index is 1.62. The zero-order chi connectivity index (χ0) is 15.3. The number of nitrogens with zero attached hydrogens (tertiary/aromatic N) is 2. The van der Waals surface area contributed by atoms with Gasteiger partial charge in [-0.3, -0.25) is 9.89 Å². The van der Waals surface area contributed by atoms with Crippen molar-refractivity contribution in [3.63, 3.8) is 0 Å². The van der Waals surface area contributed by atoms with Crippen LogP contribution in [0.25, 0.3) is 11.3 Å². The first-order valence-electron chi connectivity index (χ1n) is 7.71. The number of benzene rings is 1. The van der Waals surface area contributed by atoms with Gasteiger partial charge in [0.25, 0.3) is 5.91 Å². The Kier molecular flexibility index (Phi) is 2.86. The summed E-state index contributed by atoms with van der Waals surface area (Å²) >= 11 is 0. The monoisotopic (exact) mass is 299 g/mol. The molecule has 4 nitrogen and oxygen atoms in total. The van der Waals surface area contributed by atoms with E-state index in [1.54, 1.807) is 18.3 Å². The Morgan fingerprint density at radius 3 is 3.14 bits per heavy atom. The van der Waals surface area contributed by atoms with Gasteiger partial charge in [-0.1, -0.05) is 19.1 Å². The standard InChI is InChI=1S/C17H18FN3O/c1-2-17-7-12(17)9-21(10-17)16(22)14-8-19-20-15(14)11-4-3-5-13(18)6-11/h3-6,8,12H,2,7,9-10H2,1H3,(H,19,20). The summed E-state index contributed by atoms with van der Waals surface area (Å²) in [6.45, 7) is 3.87. The van der Waals surface area contributed by atoms with Gasteiger partial charge in [0.05, 0.1) is 17.5 Å². The summed E-state index contributed by atoms with van der Waals surface area (Å²) in [5.41, 5.74) is 2.13. The molecule has 0 bridgehead atoms. The number of halogens is 1. The van der Waals surface area contributed by atoms with Gasteiger partial charge in [0.15, 0.2) is 0 Å². The summed E-state index contributed by atoms with van der Waals surface area (Å²) in [6, 6.07) is 6.22. The lowest BCUT2D eigenvalue weighted by Crippen LogP contribution is -2.31. The molecule has 2 aliphatic rings. The highest BCUT2D eigenvalue weighted by molar-refractivity contribution is 6.00. The van der Waals surface area contributed by atoms with Gasteiger partial charge in [0, 0.05) is 18.7 Å². The minimum atomic E-state index is -0.321. The molecule has 2 unspecified atom stereocenters. The summed E-state index contributed by atoms with van der Waals surface area (Å²) in [7, 11) is 0. The maximum absolute atomic E-state index is 13.4. The van der Waals surface area contributed by atoms with E-state index >= 15 is 0 Å². The maximum atomic E-state index is 13.4. The normalized spacial score (nSPS) is 26.1. The summed E-state index contributed by atoms with van der Waals surface area (Å²) < 4.78 is 13.4. The molecule has 1 aliphatic carbocycles. The van der Waals surface area contributed by atoms with Crippen LogP contribution in [-0.2, 0) is 0 Å². The molecule has 1 amide bonds. The third kappa shape index (κ3) is 1.95. The van der Waals surface area contributed by atoms with Crippen LogP contribution < -0.4 is 0 Å². The molecule has 114 valence electrons. The van der Waals surface area contributed by atoms with E-state index < -0.39 is 0 Å². The number of hydrogen-bond donors (Lipinski definition) is 1. The van der Waals surface area contributed by atoms with Crippen molar-refractivity contribution in [1.29, 1.82) is 0 Å². The second kappa shape index (κ2) is 4.66. The summed E-state index contributed by atoms with van der Waals surface area (Å²) in [5.74, 6) is 0.330. The Hall–Kier alpha value is -2.17. The van der Waals surface area contributed by atoms with Gasteiger partial charge >= 0.3 is 0 Å². The minimum absolute atomic E-state index is 0.00645. The number of nitrogens with one attached hydrogen (secondary N) is 1. The molecule has 22 heavy (non-hydrogen) atoms. The number of H-pyrrole nitrogens is 1. The zero-order valence-corrected chi connectivity index (χ0v) is 12.5. The fraction of sp³-hybridized carbons (Fsp3) is 0.412. The number of likely N-dealkylation sites (tertiary alicyclic amines) is 1. The molecule has 2 aromatic rings. The molecule has 5 heteroatoms. The Morgan fingerprint density at radius 1 is 1.55 bits per heavy atom. The number of carbonyl (C=O) groups excluding carboxylic acids is 1. The first-order chi connectivity index (χ1) is 10.6. The van der Waals surface area contributed by atoms with Gasteiger partial charge in [-0.25, -0.2) is 4.39 Å². The fourth-order valence-corrected chi connectivity index (χ4v) is 3.78. The van der Waals surface area contributed by atoms with Crippen molar-refractivity contribution in [3.05, 3.63) is 41.8 Å². The SMILES string of the molecule is CCC12CC1CN(C(=O)c1cn[nH]c1-c1cccc(F)c1)C2. The summed E-state index contributed by atoms with van der Waals surface area (Å²) in [4.78, 5) is 14.7. The van der Waals surface area contributed by atoms with Crippen LogP contribution in [0.5, 0.6) is 0 Å². The van der Waals surface area contributed by atoms with Crippen molar-refractivity contribution < 1.29 is 9.18 Å². The highest BCUT2D eigenvalue weighted by atomic mass is 19.1. The van der Waals surface area contributed by atoms with Crippen molar-refractivity contribution in [2.24, 2.45) is 11.3 Å². The van der Waals surface area contributed by atoms with Crippen LogP contribution in [0, 0.1) is 17.2 Å². The van der Waals surface area contributed by atoms with E-state index in [4.69, 9.17) is 0 Å². The number of rotatable bonds is 3. The quantitative estimate of drug-likeness (QED) is 0.947. The number of aromatic nitrogens is 2. The molecule has 1 aliphatic heterocycles. The van der Waals surface area contributed by atoms with Crippen LogP contribution in [-0.4, -0.2) is 34.1 Å². The predicted molar refractivity (Wildman–Crippen MR) is 80.7 cm³/mol. The van der Waals surface area contributed by atoms with E-state index in [1.807, 2.05) is 4.90 Å².